The van der Waals surface area contributed by atoms with E-state index in [9.17, 15) is 4.79 Å². The molecule has 3 N–H and O–H groups in total. The summed E-state index contributed by atoms with van der Waals surface area (Å²) in [7, 11) is 0. The largest absolute Gasteiger partial charge is 0.490 e. The molecule has 1 amide bonds. The van der Waals surface area contributed by atoms with Gasteiger partial charge in [-0.25, -0.2) is 0 Å². The molecule has 0 aromatic heterocycles. The summed E-state index contributed by atoms with van der Waals surface area (Å²) in [6.07, 6.45) is 0. The zero-order chi connectivity index (χ0) is 14.3. The molecule has 0 saturated heterocycles. The summed E-state index contributed by atoms with van der Waals surface area (Å²) in [5.74, 6) is 0.581. The number of hydrogen-bond acceptors (Lipinski definition) is 4. The van der Waals surface area contributed by atoms with Gasteiger partial charge in [0.2, 0.25) is 0 Å². The normalized spacial score (nSPS) is 10.3. The first-order chi connectivity index (χ1) is 9.08. The van der Waals surface area contributed by atoms with Crippen LogP contribution >= 0.6 is 15.9 Å². The summed E-state index contributed by atoms with van der Waals surface area (Å²) in [5, 5.41) is 3.24. The predicted octanol–water partition coefficient (Wildman–Crippen LogP) is 1.82. The Morgan fingerprint density at radius 3 is 2.68 bits per heavy atom. The van der Waals surface area contributed by atoms with Crippen LogP contribution in [0, 0.1) is 0 Å². The van der Waals surface area contributed by atoms with Crippen LogP contribution in [-0.4, -0.2) is 25.7 Å². The van der Waals surface area contributed by atoms with Crippen LogP contribution < -0.4 is 20.5 Å². The van der Waals surface area contributed by atoms with Crippen molar-refractivity contribution in [1.29, 1.82) is 0 Å². The van der Waals surface area contributed by atoms with Crippen molar-refractivity contribution in [3.63, 3.8) is 0 Å². The average molecular weight is 331 g/mol. The van der Waals surface area contributed by atoms with Crippen LogP contribution in [-0.2, 0) is 11.3 Å². The zero-order valence-corrected chi connectivity index (χ0v) is 12.7. The van der Waals surface area contributed by atoms with E-state index in [0.29, 0.717) is 18.1 Å². The number of ether oxygens (including phenoxy) is 2. The second-order valence-corrected chi connectivity index (χ2v) is 4.73. The van der Waals surface area contributed by atoms with Crippen LogP contribution in [0.4, 0.5) is 0 Å². The van der Waals surface area contributed by atoms with E-state index < -0.39 is 5.91 Å². The Bertz CT molecular complexity index is 438. The van der Waals surface area contributed by atoms with E-state index in [1.807, 2.05) is 26.0 Å². The molecule has 0 atom stereocenters. The number of carbonyl (C=O) groups is 1. The van der Waals surface area contributed by atoms with Crippen molar-refractivity contribution in [2.45, 2.75) is 20.4 Å². The van der Waals surface area contributed by atoms with E-state index in [0.717, 1.165) is 23.1 Å². The monoisotopic (exact) mass is 330 g/mol. The van der Waals surface area contributed by atoms with E-state index >= 15 is 0 Å². The summed E-state index contributed by atoms with van der Waals surface area (Å²) in [6, 6.07) is 3.83. The highest BCUT2D eigenvalue weighted by Crippen LogP contribution is 2.36. The minimum atomic E-state index is -0.522. The molecule has 6 heteroatoms. The fourth-order valence-corrected chi connectivity index (χ4v) is 2.14. The number of halogens is 1. The molecular formula is C13H19BrN2O3. The molecular weight excluding hydrogens is 312 g/mol. The maximum absolute atomic E-state index is 10.8. The quantitative estimate of drug-likeness (QED) is 0.762. The van der Waals surface area contributed by atoms with Crippen LogP contribution in [0.1, 0.15) is 19.4 Å². The number of amides is 1. The molecule has 0 aliphatic carbocycles. The number of primary amides is 1. The lowest BCUT2D eigenvalue weighted by Crippen LogP contribution is -2.20. The van der Waals surface area contributed by atoms with E-state index in [1.165, 1.54) is 0 Å². The lowest BCUT2D eigenvalue weighted by atomic mass is 10.2. The van der Waals surface area contributed by atoms with Gasteiger partial charge < -0.3 is 20.5 Å². The van der Waals surface area contributed by atoms with Crippen molar-refractivity contribution < 1.29 is 14.3 Å². The summed E-state index contributed by atoms with van der Waals surface area (Å²) >= 11 is 3.43. The molecule has 106 valence electrons. The van der Waals surface area contributed by atoms with Crippen LogP contribution in [0.5, 0.6) is 11.5 Å². The predicted molar refractivity (Wildman–Crippen MR) is 77.4 cm³/mol. The summed E-state index contributed by atoms with van der Waals surface area (Å²) < 4.78 is 11.7. The van der Waals surface area contributed by atoms with Crippen LogP contribution in [0.2, 0.25) is 0 Å². The van der Waals surface area contributed by atoms with Crippen molar-refractivity contribution in [3.8, 4) is 11.5 Å². The molecule has 0 fully saturated rings. The zero-order valence-electron chi connectivity index (χ0n) is 11.2. The standard InChI is InChI=1S/C13H19BrN2O3/c1-3-16-7-9-5-10(14)13(19-8-12(15)17)11(6-9)18-4-2/h5-6,16H,3-4,7-8H2,1-2H3,(H2,15,17). The Balaban J connectivity index is 2.96. The van der Waals surface area contributed by atoms with Gasteiger partial charge in [0.1, 0.15) is 0 Å². The molecule has 0 heterocycles. The third-order valence-corrected chi connectivity index (χ3v) is 2.90. The molecule has 1 aromatic rings. The highest BCUT2D eigenvalue weighted by atomic mass is 79.9. The van der Waals surface area contributed by atoms with Crippen molar-refractivity contribution in [2.75, 3.05) is 19.8 Å². The van der Waals surface area contributed by atoms with Crippen molar-refractivity contribution in [3.05, 3.63) is 22.2 Å². The van der Waals surface area contributed by atoms with Gasteiger partial charge in [-0.15, -0.1) is 0 Å². The van der Waals surface area contributed by atoms with Gasteiger partial charge in [0.25, 0.3) is 5.91 Å². The maximum atomic E-state index is 10.8. The fraction of sp³-hybridized carbons (Fsp3) is 0.462. The van der Waals surface area contributed by atoms with E-state index in [1.54, 1.807) is 0 Å². The van der Waals surface area contributed by atoms with Gasteiger partial charge in [-0.1, -0.05) is 6.92 Å². The topological polar surface area (TPSA) is 73.6 Å². The van der Waals surface area contributed by atoms with Crippen LogP contribution in [0.3, 0.4) is 0 Å². The van der Waals surface area contributed by atoms with Gasteiger partial charge in [0.05, 0.1) is 11.1 Å². The number of benzene rings is 1. The minimum absolute atomic E-state index is 0.175. The Labute approximate surface area is 121 Å². The maximum Gasteiger partial charge on any atom is 0.255 e. The van der Waals surface area contributed by atoms with Gasteiger partial charge >= 0.3 is 0 Å². The van der Waals surface area contributed by atoms with E-state index in [-0.39, 0.29) is 6.61 Å². The van der Waals surface area contributed by atoms with Crippen LogP contribution in [0.25, 0.3) is 0 Å². The third-order valence-electron chi connectivity index (χ3n) is 2.31. The Morgan fingerprint density at radius 1 is 1.37 bits per heavy atom. The Morgan fingerprint density at radius 2 is 2.11 bits per heavy atom. The molecule has 1 aromatic carbocycles. The Kier molecular flexibility index (Phi) is 6.66. The number of nitrogens with two attached hydrogens (primary N) is 1. The summed E-state index contributed by atoms with van der Waals surface area (Å²) in [5.41, 5.74) is 6.15. The molecule has 0 radical (unpaired) electrons. The number of nitrogens with one attached hydrogen (secondary N) is 1. The number of carbonyl (C=O) groups excluding carboxylic acids is 1. The Hall–Kier alpha value is -1.27. The number of rotatable bonds is 8. The molecule has 0 aliphatic heterocycles. The number of hydrogen-bond donors (Lipinski definition) is 2. The molecule has 0 bridgehead atoms. The first kappa shape index (κ1) is 15.8. The molecule has 1 rings (SSSR count). The summed E-state index contributed by atoms with van der Waals surface area (Å²) in [6.45, 7) is 5.91. The first-order valence-corrected chi connectivity index (χ1v) is 6.94. The van der Waals surface area contributed by atoms with Gasteiger partial charge in [-0.05, 0) is 47.1 Å². The molecule has 0 aliphatic rings. The van der Waals surface area contributed by atoms with Gasteiger partial charge in [-0.2, -0.15) is 0 Å². The second-order valence-electron chi connectivity index (χ2n) is 3.87. The molecule has 0 saturated carbocycles. The van der Waals surface area contributed by atoms with Gasteiger partial charge in [0, 0.05) is 6.54 Å². The van der Waals surface area contributed by atoms with E-state index in [4.69, 9.17) is 15.2 Å². The van der Waals surface area contributed by atoms with Crippen LogP contribution in [0.15, 0.2) is 16.6 Å². The highest BCUT2D eigenvalue weighted by Gasteiger charge is 2.13. The molecule has 19 heavy (non-hydrogen) atoms. The molecule has 5 nitrogen and oxygen atoms in total. The third kappa shape index (κ3) is 5.08. The van der Waals surface area contributed by atoms with Gasteiger partial charge in [0.15, 0.2) is 18.1 Å². The summed E-state index contributed by atoms with van der Waals surface area (Å²) in [4.78, 5) is 10.8. The lowest BCUT2D eigenvalue weighted by molar-refractivity contribution is -0.119. The highest BCUT2D eigenvalue weighted by molar-refractivity contribution is 9.10. The lowest BCUT2D eigenvalue weighted by Gasteiger charge is -2.14. The smallest absolute Gasteiger partial charge is 0.255 e. The SMILES string of the molecule is CCNCc1cc(Br)c(OCC(N)=O)c(OCC)c1. The first-order valence-electron chi connectivity index (χ1n) is 6.15. The van der Waals surface area contributed by atoms with E-state index in [2.05, 4.69) is 21.2 Å². The average Bonchev–Trinajstić information content (AvgIpc) is 2.35. The second kappa shape index (κ2) is 8.01. The molecule has 0 spiro atoms. The van der Waals surface area contributed by atoms with Crippen molar-refractivity contribution in [2.24, 2.45) is 5.73 Å². The van der Waals surface area contributed by atoms with Crippen molar-refractivity contribution in [1.82, 2.24) is 5.32 Å². The molecule has 0 unspecified atom stereocenters. The minimum Gasteiger partial charge on any atom is -0.490 e. The van der Waals surface area contributed by atoms with Gasteiger partial charge in [-0.3, -0.25) is 4.79 Å². The fourth-order valence-electron chi connectivity index (χ4n) is 1.54. The van der Waals surface area contributed by atoms with Crippen molar-refractivity contribution >= 4 is 21.8 Å².